The van der Waals surface area contributed by atoms with Gasteiger partial charge in [0, 0.05) is 48.8 Å². The molecule has 26 heavy (non-hydrogen) atoms. The van der Waals surface area contributed by atoms with Gasteiger partial charge in [-0.05, 0) is 40.2 Å². The molecule has 2 N–H and O–H groups in total. The molecule has 6 nitrogen and oxygen atoms in total. The highest BCUT2D eigenvalue weighted by Crippen LogP contribution is 2.29. The van der Waals surface area contributed by atoms with E-state index in [9.17, 15) is 4.79 Å². The van der Waals surface area contributed by atoms with Crippen molar-refractivity contribution in [2.75, 3.05) is 38.5 Å². The number of aryl methyl sites for hydroxylation is 1. The summed E-state index contributed by atoms with van der Waals surface area (Å²) in [5.41, 5.74) is 0.857. The Labute approximate surface area is 178 Å². The van der Waals surface area contributed by atoms with Crippen LogP contribution in [0, 0.1) is 6.92 Å². The molecule has 0 unspecified atom stereocenters. The number of halogens is 1. The van der Waals surface area contributed by atoms with Crippen LogP contribution in [-0.4, -0.2) is 60.0 Å². The van der Waals surface area contributed by atoms with Crippen LogP contribution >= 0.6 is 35.7 Å². The fourth-order valence-electron chi connectivity index (χ4n) is 2.77. The third-order valence-electron chi connectivity index (χ3n) is 4.01. The van der Waals surface area contributed by atoms with E-state index < -0.39 is 0 Å². The van der Waals surface area contributed by atoms with E-state index in [4.69, 9.17) is 9.41 Å². The second-order valence-electron chi connectivity index (χ2n) is 6.81. The summed E-state index contributed by atoms with van der Waals surface area (Å²) in [5, 5.41) is 6.27. The van der Waals surface area contributed by atoms with Gasteiger partial charge in [0.25, 0.3) is 5.91 Å². The predicted molar refractivity (Wildman–Crippen MR) is 120 cm³/mol. The lowest BCUT2D eigenvalue weighted by Crippen LogP contribution is -2.51. The van der Waals surface area contributed by atoms with E-state index >= 15 is 0 Å². The van der Waals surface area contributed by atoms with Crippen LogP contribution < -0.4 is 10.6 Å². The first-order valence-electron chi connectivity index (χ1n) is 8.92. The molecular formula is C18H31IN4O2S. The van der Waals surface area contributed by atoms with Crippen LogP contribution in [0.2, 0.25) is 0 Å². The highest BCUT2D eigenvalue weighted by atomic mass is 127. The molecule has 2 rings (SSSR count). The third kappa shape index (κ3) is 7.02. The molecule has 0 bridgehead atoms. The molecule has 0 saturated carbocycles. The molecule has 8 heteroatoms. The van der Waals surface area contributed by atoms with Crippen LogP contribution in [0.3, 0.4) is 0 Å². The standard InChI is InChI=1S/C18H30N4O2S.HI/c1-5-19-17(22-10-12-25-18(3,4)13-22)21-9-6-8-20-16(23)15-14(2)7-11-24-15;/h7,11H,5-6,8-10,12-13H2,1-4H3,(H,19,21)(H,20,23);1H. The number of carbonyl (C=O) groups excluding carboxylic acids is 1. The fourth-order valence-corrected chi connectivity index (χ4v) is 3.89. The van der Waals surface area contributed by atoms with E-state index in [1.165, 1.54) is 6.26 Å². The second-order valence-corrected chi connectivity index (χ2v) is 8.61. The van der Waals surface area contributed by atoms with Crippen LogP contribution in [0.25, 0.3) is 0 Å². The van der Waals surface area contributed by atoms with E-state index in [2.05, 4.69) is 36.3 Å². The number of rotatable bonds is 6. The van der Waals surface area contributed by atoms with Crippen molar-refractivity contribution in [1.29, 1.82) is 0 Å². The lowest BCUT2D eigenvalue weighted by Gasteiger charge is -2.39. The fraction of sp³-hybridized carbons (Fsp3) is 0.667. The van der Waals surface area contributed by atoms with Crippen molar-refractivity contribution in [2.45, 2.75) is 38.9 Å². The number of nitrogens with one attached hydrogen (secondary N) is 2. The van der Waals surface area contributed by atoms with Crippen LogP contribution in [0.5, 0.6) is 0 Å². The SMILES string of the molecule is CCNC(=NCCCNC(=O)c1occc1C)N1CCSC(C)(C)C1.I. The van der Waals surface area contributed by atoms with Gasteiger partial charge in [-0.1, -0.05) is 0 Å². The van der Waals surface area contributed by atoms with Crippen molar-refractivity contribution < 1.29 is 9.21 Å². The summed E-state index contributed by atoms with van der Waals surface area (Å²) in [4.78, 5) is 19.0. The largest absolute Gasteiger partial charge is 0.459 e. The third-order valence-corrected chi connectivity index (χ3v) is 5.31. The van der Waals surface area contributed by atoms with Gasteiger partial charge >= 0.3 is 0 Å². The zero-order valence-electron chi connectivity index (χ0n) is 16.1. The zero-order valence-corrected chi connectivity index (χ0v) is 19.3. The van der Waals surface area contributed by atoms with E-state index in [0.29, 0.717) is 18.8 Å². The van der Waals surface area contributed by atoms with Gasteiger partial charge in [-0.3, -0.25) is 9.79 Å². The van der Waals surface area contributed by atoms with Gasteiger partial charge in [0.15, 0.2) is 11.7 Å². The Kier molecular flexibility index (Phi) is 9.84. The first-order chi connectivity index (χ1) is 11.9. The minimum absolute atomic E-state index is 0. The summed E-state index contributed by atoms with van der Waals surface area (Å²) in [6.45, 7) is 12.7. The Morgan fingerprint density at radius 2 is 2.19 bits per heavy atom. The molecule has 148 valence electrons. The highest BCUT2D eigenvalue weighted by Gasteiger charge is 2.28. The number of hydrogen-bond donors (Lipinski definition) is 2. The van der Waals surface area contributed by atoms with Gasteiger partial charge in [0.1, 0.15) is 0 Å². The smallest absolute Gasteiger partial charge is 0.287 e. The van der Waals surface area contributed by atoms with Crippen LogP contribution in [0.1, 0.15) is 43.3 Å². The summed E-state index contributed by atoms with van der Waals surface area (Å²) in [7, 11) is 0. The maximum Gasteiger partial charge on any atom is 0.287 e. The Morgan fingerprint density at radius 3 is 2.81 bits per heavy atom. The molecule has 0 aromatic carbocycles. The molecule has 1 aliphatic heterocycles. The van der Waals surface area contributed by atoms with Crippen LogP contribution in [0.4, 0.5) is 0 Å². The molecule has 1 fully saturated rings. The van der Waals surface area contributed by atoms with Gasteiger partial charge in [-0.15, -0.1) is 24.0 Å². The molecule has 0 spiro atoms. The lowest BCUT2D eigenvalue weighted by molar-refractivity contribution is 0.0925. The van der Waals surface area contributed by atoms with Crippen molar-refractivity contribution in [3.05, 3.63) is 23.7 Å². The summed E-state index contributed by atoms with van der Waals surface area (Å²) in [5.74, 6) is 2.33. The molecule has 1 aromatic rings. The molecule has 0 aliphatic carbocycles. The normalized spacial score (nSPS) is 16.8. The summed E-state index contributed by atoms with van der Waals surface area (Å²) in [6.07, 6.45) is 2.34. The molecule has 1 amide bonds. The van der Waals surface area contributed by atoms with Gasteiger partial charge < -0.3 is 20.0 Å². The molecule has 1 saturated heterocycles. The van der Waals surface area contributed by atoms with Crippen molar-refractivity contribution in [1.82, 2.24) is 15.5 Å². The predicted octanol–water partition coefficient (Wildman–Crippen LogP) is 3.12. The van der Waals surface area contributed by atoms with Gasteiger partial charge in [-0.25, -0.2) is 0 Å². The Bertz CT molecular complexity index is 604. The van der Waals surface area contributed by atoms with Gasteiger partial charge in [0.2, 0.25) is 0 Å². The number of guanidine groups is 1. The maximum atomic E-state index is 12.0. The number of hydrogen-bond acceptors (Lipinski definition) is 4. The van der Waals surface area contributed by atoms with E-state index in [1.54, 1.807) is 6.07 Å². The van der Waals surface area contributed by atoms with Crippen molar-refractivity contribution >= 4 is 47.6 Å². The van der Waals surface area contributed by atoms with E-state index in [1.807, 2.05) is 18.7 Å². The second kappa shape index (κ2) is 11.1. The summed E-state index contributed by atoms with van der Waals surface area (Å²) >= 11 is 2.01. The maximum absolute atomic E-state index is 12.0. The Balaban J connectivity index is 0.00000338. The molecule has 2 heterocycles. The lowest BCUT2D eigenvalue weighted by atomic mass is 10.2. The first kappa shape index (κ1) is 23.1. The first-order valence-corrected chi connectivity index (χ1v) is 9.91. The number of amides is 1. The summed E-state index contributed by atoms with van der Waals surface area (Å²) in [6, 6.07) is 1.79. The molecule has 0 atom stereocenters. The van der Waals surface area contributed by atoms with E-state index in [0.717, 1.165) is 43.3 Å². The number of thioether (sulfide) groups is 1. The average molecular weight is 494 g/mol. The van der Waals surface area contributed by atoms with E-state index in [-0.39, 0.29) is 34.6 Å². The quantitative estimate of drug-likeness (QED) is 0.275. The number of carbonyl (C=O) groups is 1. The van der Waals surface area contributed by atoms with Crippen molar-refractivity contribution in [3.63, 3.8) is 0 Å². The zero-order chi connectivity index (χ0) is 18.3. The van der Waals surface area contributed by atoms with Crippen LogP contribution in [-0.2, 0) is 0 Å². The minimum atomic E-state index is -0.159. The van der Waals surface area contributed by atoms with Gasteiger partial charge in [0.05, 0.1) is 6.26 Å². The average Bonchev–Trinajstić information content (AvgIpc) is 2.98. The molecular weight excluding hydrogens is 463 g/mol. The Hall–Kier alpha value is -0.900. The topological polar surface area (TPSA) is 69.9 Å². The number of aliphatic imine (C=N–C) groups is 1. The molecule has 0 radical (unpaired) electrons. The monoisotopic (exact) mass is 494 g/mol. The number of furan rings is 1. The highest BCUT2D eigenvalue weighted by molar-refractivity contribution is 14.0. The summed E-state index contributed by atoms with van der Waals surface area (Å²) < 4.78 is 5.45. The van der Waals surface area contributed by atoms with Crippen molar-refractivity contribution in [3.8, 4) is 0 Å². The Morgan fingerprint density at radius 1 is 1.42 bits per heavy atom. The minimum Gasteiger partial charge on any atom is -0.459 e. The molecule has 1 aromatic heterocycles. The van der Waals surface area contributed by atoms with Crippen molar-refractivity contribution in [2.24, 2.45) is 4.99 Å². The number of nitrogens with zero attached hydrogens (tertiary/aromatic N) is 2. The van der Waals surface area contributed by atoms with Crippen LogP contribution in [0.15, 0.2) is 21.7 Å². The van der Waals surface area contributed by atoms with Gasteiger partial charge in [-0.2, -0.15) is 11.8 Å². The molecule has 1 aliphatic rings.